The Morgan fingerprint density at radius 2 is 1.29 bits per heavy atom. The van der Waals surface area contributed by atoms with Crippen molar-refractivity contribution in [1.29, 1.82) is 0 Å². The summed E-state index contributed by atoms with van der Waals surface area (Å²) in [6, 6.07) is 0. The van der Waals surface area contributed by atoms with Crippen LogP contribution in [0.5, 0.6) is 0 Å². The highest BCUT2D eigenvalue weighted by Gasteiger charge is 2.02. The minimum atomic E-state index is -0.891. The van der Waals surface area contributed by atoms with E-state index >= 15 is 0 Å². The fraction of sp³-hybridized carbons (Fsp3) is 1.00. The number of ether oxygens (including phenoxy) is 2. The Morgan fingerprint density at radius 1 is 0.929 bits per heavy atom. The Balaban J connectivity index is 0.000000249. The summed E-state index contributed by atoms with van der Waals surface area (Å²) >= 11 is 0. The summed E-state index contributed by atoms with van der Waals surface area (Å²) in [6.07, 6.45) is 0. The van der Waals surface area contributed by atoms with E-state index < -0.39 is 9.28 Å². The first-order valence-electron chi connectivity index (χ1n) is 5.05. The third-order valence-corrected chi connectivity index (χ3v) is 2.83. The van der Waals surface area contributed by atoms with Gasteiger partial charge in [-0.3, -0.25) is 0 Å². The molecule has 0 saturated carbocycles. The smallest absolute Gasteiger partial charge is 0.381 e. The van der Waals surface area contributed by atoms with Crippen molar-refractivity contribution in [3.63, 3.8) is 0 Å². The van der Waals surface area contributed by atoms with E-state index in [9.17, 15) is 0 Å². The van der Waals surface area contributed by atoms with Gasteiger partial charge in [0.2, 0.25) is 0 Å². The second-order valence-electron chi connectivity index (χ2n) is 2.58. The molecule has 1 heterocycles. The topological polar surface area (TPSA) is 36.9 Å². The predicted molar refractivity (Wildman–Crippen MR) is 56.5 cm³/mol. The van der Waals surface area contributed by atoms with Crippen LogP contribution in [0.25, 0.3) is 0 Å². The van der Waals surface area contributed by atoms with Crippen molar-refractivity contribution in [3.05, 3.63) is 0 Å². The van der Waals surface area contributed by atoms with Gasteiger partial charge in [-0.1, -0.05) is 0 Å². The van der Waals surface area contributed by atoms with Crippen molar-refractivity contribution >= 4 is 9.28 Å². The molecule has 1 aliphatic heterocycles. The highest BCUT2D eigenvalue weighted by Crippen LogP contribution is 1.86. The molecule has 5 heteroatoms. The molecular formula is C9H21O4Si. The van der Waals surface area contributed by atoms with Crippen molar-refractivity contribution in [2.24, 2.45) is 0 Å². The maximum Gasteiger partial charge on any atom is 0.381 e. The summed E-state index contributed by atoms with van der Waals surface area (Å²) in [5.41, 5.74) is 0. The number of rotatable bonds is 4. The van der Waals surface area contributed by atoms with E-state index in [1.807, 2.05) is 20.4 Å². The molecule has 4 nitrogen and oxygen atoms in total. The predicted octanol–water partition coefficient (Wildman–Crippen LogP) is 1.21. The van der Waals surface area contributed by atoms with E-state index in [-0.39, 0.29) is 0 Å². The lowest BCUT2D eigenvalue weighted by atomic mass is 10.6. The molecular weight excluding hydrogens is 200 g/mol. The molecule has 1 aliphatic rings. The molecule has 0 N–H and O–H groups in total. The van der Waals surface area contributed by atoms with Crippen molar-refractivity contribution in [2.75, 3.05) is 39.6 Å². The zero-order chi connectivity index (χ0) is 10.6. The van der Waals surface area contributed by atoms with Gasteiger partial charge in [0, 0.05) is 13.2 Å². The second kappa shape index (κ2) is 11.1. The highest BCUT2D eigenvalue weighted by atomic mass is 28.3. The Kier molecular flexibility index (Phi) is 11.2. The van der Waals surface area contributed by atoms with Crippen LogP contribution < -0.4 is 0 Å². The second-order valence-corrected chi connectivity index (χ2v) is 4.14. The van der Waals surface area contributed by atoms with Crippen LogP contribution in [0.3, 0.4) is 0 Å². The Morgan fingerprint density at radius 3 is 1.50 bits per heavy atom. The summed E-state index contributed by atoms with van der Waals surface area (Å²) in [6.45, 7) is 10.6. The molecule has 0 aromatic rings. The molecule has 85 valence electrons. The molecule has 0 aromatic carbocycles. The van der Waals surface area contributed by atoms with Crippen LogP contribution in [0.15, 0.2) is 0 Å². The van der Waals surface area contributed by atoms with Gasteiger partial charge in [0.1, 0.15) is 0 Å². The average molecular weight is 221 g/mol. The van der Waals surface area contributed by atoms with E-state index in [1.165, 1.54) is 0 Å². The Hall–Kier alpha value is 0.0569. The van der Waals surface area contributed by atoms with Crippen molar-refractivity contribution < 1.29 is 18.3 Å². The fourth-order valence-electron chi connectivity index (χ4n) is 0.888. The molecule has 0 aliphatic carbocycles. The summed E-state index contributed by atoms with van der Waals surface area (Å²) in [7, 11) is -0.891. The van der Waals surface area contributed by atoms with Crippen molar-refractivity contribution in [2.45, 2.75) is 20.4 Å². The first kappa shape index (κ1) is 14.1. The first-order valence-corrected chi connectivity index (χ1v) is 6.87. The van der Waals surface area contributed by atoms with Crippen LogP contribution in [-0.2, 0) is 18.3 Å². The van der Waals surface area contributed by atoms with Gasteiger partial charge in [-0.2, -0.15) is 0 Å². The van der Waals surface area contributed by atoms with Gasteiger partial charge in [-0.05, 0) is 20.4 Å². The molecule has 0 bridgehead atoms. The third kappa shape index (κ3) is 10.1. The number of hydrogen-bond acceptors (Lipinski definition) is 4. The molecule has 1 rings (SSSR count). The van der Waals surface area contributed by atoms with Gasteiger partial charge in [-0.15, -0.1) is 0 Å². The molecule has 0 atom stereocenters. The van der Waals surface area contributed by atoms with Crippen LogP contribution in [0.1, 0.15) is 13.8 Å². The molecule has 1 saturated heterocycles. The van der Waals surface area contributed by atoms with Crippen LogP contribution in [0, 0.1) is 0 Å². The average Bonchev–Trinajstić information content (AvgIpc) is 2.22. The summed E-state index contributed by atoms with van der Waals surface area (Å²) in [5, 5.41) is 0. The maximum absolute atomic E-state index is 5.16. The van der Waals surface area contributed by atoms with Crippen molar-refractivity contribution in [1.82, 2.24) is 0 Å². The SMILES string of the molecule is C1COCCO1.CCO[Si](C)OCC. The van der Waals surface area contributed by atoms with E-state index in [1.54, 1.807) is 0 Å². The Bertz CT molecular complexity index is 91.5. The fourth-order valence-corrected chi connectivity index (χ4v) is 1.78. The van der Waals surface area contributed by atoms with Crippen molar-refractivity contribution in [3.8, 4) is 0 Å². The molecule has 0 unspecified atom stereocenters. The first-order chi connectivity index (χ1) is 6.81. The molecule has 14 heavy (non-hydrogen) atoms. The van der Waals surface area contributed by atoms with E-state index in [0.29, 0.717) is 0 Å². The van der Waals surface area contributed by atoms with Gasteiger partial charge in [0.25, 0.3) is 0 Å². The standard InChI is InChI=1S/C5H13O2Si.C4H8O2/c1-4-6-8(3)7-5-2;1-2-6-4-3-5-1/h4-5H2,1-3H3;1-4H2. The maximum atomic E-state index is 5.16. The van der Waals surface area contributed by atoms with Crippen LogP contribution in [0.4, 0.5) is 0 Å². The van der Waals surface area contributed by atoms with Crippen LogP contribution >= 0.6 is 0 Å². The third-order valence-electron chi connectivity index (χ3n) is 1.44. The normalized spacial score (nSPS) is 16.3. The molecule has 0 spiro atoms. The molecule has 0 aromatic heterocycles. The van der Waals surface area contributed by atoms with Gasteiger partial charge >= 0.3 is 9.28 Å². The lowest BCUT2D eigenvalue weighted by Gasteiger charge is -2.09. The van der Waals surface area contributed by atoms with Crippen LogP contribution in [0.2, 0.25) is 6.55 Å². The summed E-state index contributed by atoms with van der Waals surface area (Å²) in [5.74, 6) is 0. The summed E-state index contributed by atoms with van der Waals surface area (Å²) in [4.78, 5) is 0. The van der Waals surface area contributed by atoms with Crippen LogP contribution in [-0.4, -0.2) is 48.9 Å². The monoisotopic (exact) mass is 221 g/mol. The zero-order valence-corrected chi connectivity index (χ0v) is 10.4. The zero-order valence-electron chi connectivity index (χ0n) is 9.38. The largest absolute Gasteiger partial charge is 0.394 e. The Labute approximate surface area is 88.3 Å². The lowest BCUT2D eigenvalue weighted by Crippen LogP contribution is -2.17. The van der Waals surface area contributed by atoms with Gasteiger partial charge < -0.3 is 18.3 Å². The van der Waals surface area contributed by atoms with Gasteiger partial charge in [0.15, 0.2) is 0 Å². The number of hydrogen-bond donors (Lipinski definition) is 0. The van der Waals surface area contributed by atoms with E-state index in [4.69, 9.17) is 18.3 Å². The van der Waals surface area contributed by atoms with Gasteiger partial charge in [0.05, 0.1) is 26.4 Å². The molecule has 0 amide bonds. The van der Waals surface area contributed by atoms with E-state index in [2.05, 4.69) is 0 Å². The van der Waals surface area contributed by atoms with Gasteiger partial charge in [-0.25, -0.2) is 0 Å². The lowest BCUT2D eigenvalue weighted by molar-refractivity contribution is -0.0334. The summed E-state index contributed by atoms with van der Waals surface area (Å²) < 4.78 is 20.2. The quantitative estimate of drug-likeness (QED) is 0.669. The minimum absolute atomic E-state index is 0.769. The molecule has 1 radical (unpaired) electrons. The van der Waals surface area contributed by atoms with E-state index in [0.717, 1.165) is 39.6 Å². The minimum Gasteiger partial charge on any atom is -0.394 e. The molecule has 1 fully saturated rings. The highest BCUT2D eigenvalue weighted by molar-refractivity contribution is 6.42.